The Morgan fingerprint density at radius 3 is 2.44 bits per heavy atom. The van der Waals surface area contributed by atoms with Crippen LogP contribution in [0, 0.1) is 0 Å². The van der Waals surface area contributed by atoms with Crippen molar-refractivity contribution >= 4 is 46.8 Å². The third-order valence-electron chi connectivity index (χ3n) is 3.07. The number of hydrogen-bond acceptors (Lipinski definition) is 4. The summed E-state index contributed by atoms with van der Waals surface area (Å²) in [5.74, 6) is -0.408. The van der Waals surface area contributed by atoms with Gasteiger partial charge in [0.1, 0.15) is 5.75 Å². The zero-order chi connectivity index (χ0) is 18.2. The second kappa shape index (κ2) is 9.11. The van der Waals surface area contributed by atoms with E-state index in [9.17, 15) is 9.59 Å². The molecule has 2 aromatic carbocycles. The summed E-state index contributed by atoms with van der Waals surface area (Å²) >= 11 is 11.7. The van der Waals surface area contributed by atoms with E-state index in [4.69, 9.17) is 32.7 Å². The molecule has 25 heavy (non-hydrogen) atoms. The Balaban J connectivity index is 1.81. The lowest BCUT2D eigenvalue weighted by Crippen LogP contribution is -2.20. The molecule has 7 heteroatoms. The van der Waals surface area contributed by atoms with Crippen molar-refractivity contribution in [2.45, 2.75) is 0 Å². The molecule has 0 fully saturated rings. The molecule has 5 nitrogen and oxygen atoms in total. The van der Waals surface area contributed by atoms with Crippen LogP contribution in [0.15, 0.2) is 48.5 Å². The highest BCUT2D eigenvalue weighted by Gasteiger charge is 2.06. The zero-order valence-corrected chi connectivity index (χ0v) is 14.8. The van der Waals surface area contributed by atoms with Gasteiger partial charge >= 0.3 is 5.97 Å². The number of halogens is 2. The number of hydrogen-bond donors (Lipinski definition) is 1. The molecule has 0 spiro atoms. The predicted octanol–water partition coefficient (Wildman–Crippen LogP) is 4.20. The number of rotatable bonds is 6. The maximum Gasteiger partial charge on any atom is 0.331 e. The third kappa shape index (κ3) is 6.14. The number of esters is 1. The van der Waals surface area contributed by atoms with Crippen LogP contribution in [0.2, 0.25) is 10.0 Å². The summed E-state index contributed by atoms with van der Waals surface area (Å²) in [5, 5.41) is 3.42. The van der Waals surface area contributed by atoms with Gasteiger partial charge in [-0.3, -0.25) is 4.79 Å². The summed E-state index contributed by atoms with van der Waals surface area (Å²) in [5.41, 5.74) is 1.27. The van der Waals surface area contributed by atoms with Crippen molar-refractivity contribution in [1.82, 2.24) is 0 Å². The third-order valence-corrected chi connectivity index (χ3v) is 3.81. The van der Waals surface area contributed by atoms with Gasteiger partial charge in [0.25, 0.3) is 5.91 Å². The maximum atomic E-state index is 11.8. The monoisotopic (exact) mass is 379 g/mol. The van der Waals surface area contributed by atoms with Gasteiger partial charge in [0.05, 0.1) is 17.2 Å². The Kier molecular flexibility index (Phi) is 6.86. The van der Waals surface area contributed by atoms with Crippen LogP contribution in [-0.4, -0.2) is 25.6 Å². The largest absolute Gasteiger partial charge is 0.497 e. The minimum atomic E-state index is -0.643. The average Bonchev–Trinajstić information content (AvgIpc) is 2.61. The summed E-state index contributed by atoms with van der Waals surface area (Å²) in [6, 6.07) is 11.7. The van der Waals surface area contributed by atoms with E-state index in [0.29, 0.717) is 27.0 Å². The minimum absolute atomic E-state index is 0.385. The second-order valence-electron chi connectivity index (χ2n) is 4.89. The van der Waals surface area contributed by atoms with Crippen molar-refractivity contribution in [3.8, 4) is 5.75 Å². The second-order valence-corrected chi connectivity index (χ2v) is 5.71. The summed E-state index contributed by atoms with van der Waals surface area (Å²) in [7, 11) is 1.55. The van der Waals surface area contributed by atoms with Crippen LogP contribution in [0.5, 0.6) is 5.75 Å². The molecule has 0 unspecified atom stereocenters. The molecule has 0 atom stereocenters. The first kappa shape index (κ1) is 18.8. The van der Waals surface area contributed by atoms with E-state index in [1.807, 2.05) is 0 Å². The SMILES string of the molecule is COc1ccc(NC(=O)COC(=O)C=Cc2ccc(Cl)c(Cl)c2)cc1. The molecule has 0 aliphatic rings. The highest BCUT2D eigenvalue weighted by atomic mass is 35.5. The van der Waals surface area contributed by atoms with Gasteiger partial charge in [0.15, 0.2) is 6.61 Å². The molecule has 1 N–H and O–H groups in total. The van der Waals surface area contributed by atoms with Gasteiger partial charge < -0.3 is 14.8 Å². The molecule has 1 amide bonds. The van der Waals surface area contributed by atoms with Crippen LogP contribution in [0.25, 0.3) is 6.08 Å². The fraction of sp³-hybridized carbons (Fsp3) is 0.111. The molecule has 0 saturated heterocycles. The van der Waals surface area contributed by atoms with E-state index in [0.717, 1.165) is 0 Å². The lowest BCUT2D eigenvalue weighted by molar-refractivity contribution is -0.142. The molecule has 2 rings (SSSR count). The molecule has 0 aliphatic heterocycles. The summed E-state index contributed by atoms with van der Waals surface area (Å²) in [6.07, 6.45) is 2.73. The number of carbonyl (C=O) groups excluding carboxylic acids is 2. The molecule has 0 aliphatic carbocycles. The highest BCUT2D eigenvalue weighted by Crippen LogP contribution is 2.23. The standard InChI is InChI=1S/C18H15Cl2NO4/c1-24-14-6-4-13(5-7-14)21-17(22)11-25-18(23)9-3-12-2-8-15(19)16(20)10-12/h2-10H,11H2,1H3,(H,21,22). The van der Waals surface area contributed by atoms with Gasteiger partial charge in [0.2, 0.25) is 0 Å². The van der Waals surface area contributed by atoms with Gasteiger partial charge in [-0.2, -0.15) is 0 Å². The molecule has 0 bridgehead atoms. The summed E-state index contributed by atoms with van der Waals surface area (Å²) in [4.78, 5) is 23.4. The number of carbonyl (C=O) groups is 2. The Labute approximate surface area is 155 Å². The van der Waals surface area contributed by atoms with Crippen LogP contribution in [0.3, 0.4) is 0 Å². The first-order chi connectivity index (χ1) is 12.0. The normalized spacial score (nSPS) is 10.5. The summed E-state index contributed by atoms with van der Waals surface area (Å²) in [6.45, 7) is -0.392. The predicted molar refractivity (Wildman–Crippen MR) is 98.1 cm³/mol. The molecule has 0 aromatic heterocycles. The van der Waals surface area contributed by atoms with E-state index in [-0.39, 0.29) is 0 Å². The van der Waals surface area contributed by atoms with Crippen molar-refractivity contribution < 1.29 is 19.1 Å². The van der Waals surface area contributed by atoms with Gasteiger partial charge in [-0.05, 0) is 48.0 Å². The summed E-state index contributed by atoms with van der Waals surface area (Å²) < 4.78 is 9.90. The van der Waals surface area contributed by atoms with Crippen molar-refractivity contribution in [3.63, 3.8) is 0 Å². The van der Waals surface area contributed by atoms with E-state index in [2.05, 4.69) is 5.32 Å². The number of ether oxygens (including phenoxy) is 2. The van der Waals surface area contributed by atoms with Crippen LogP contribution in [0.4, 0.5) is 5.69 Å². The van der Waals surface area contributed by atoms with E-state index < -0.39 is 18.5 Å². The lowest BCUT2D eigenvalue weighted by Gasteiger charge is -2.06. The Morgan fingerprint density at radius 2 is 1.80 bits per heavy atom. The topological polar surface area (TPSA) is 64.6 Å². The Morgan fingerprint density at radius 1 is 1.08 bits per heavy atom. The molecule has 0 radical (unpaired) electrons. The zero-order valence-electron chi connectivity index (χ0n) is 13.3. The van der Waals surface area contributed by atoms with Crippen molar-refractivity contribution in [3.05, 3.63) is 64.1 Å². The first-order valence-electron chi connectivity index (χ1n) is 7.22. The molecule has 0 heterocycles. The van der Waals surface area contributed by atoms with Crippen molar-refractivity contribution in [2.24, 2.45) is 0 Å². The van der Waals surface area contributed by atoms with Gasteiger partial charge in [-0.1, -0.05) is 29.3 Å². The van der Waals surface area contributed by atoms with Gasteiger partial charge in [-0.15, -0.1) is 0 Å². The van der Waals surface area contributed by atoms with Crippen LogP contribution < -0.4 is 10.1 Å². The fourth-order valence-corrected chi connectivity index (χ4v) is 2.14. The number of amides is 1. The maximum absolute atomic E-state index is 11.8. The fourth-order valence-electron chi connectivity index (χ4n) is 1.84. The van der Waals surface area contributed by atoms with E-state index >= 15 is 0 Å². The molecular weight excluding hydrogens is 365 g/mol. The minimum Gasteiger partial charge on any atom is -0.497 e. The number of benzene rings is 2. The number of methoxy groups -OCH3 is 1. The Bertz CT molecular complexity index is 788. The lowest BCUT2D eigenvalue weighted by atomic mass is 10.2. The van der Waals surface area contributed by atoms with Crippen LogP contribution in [0.1, 0.15) is 5.56 Å². The van der Waals surface area contributed by atoms with Crippen LogP contribution in [-0.2, 0) is 14.3 Å². The number of anilines is 1. The van der Waals surface area contributed by atoms with E-state index in [1.165, 1.54) is 12.2 Å². The molecule has 130 valence electrons. The number of nitrogens with one attached hydrogen (secondary N) is 1. The van der Waals surface area contributed by atoms with Crippen molar-refractivity contribution in [1.29, 1.82) is 0 Å². The molecular formula is C18H15Cl2NO4. The van der Waals surface area contributed by atoms with Gasteiger partial charge in [-0.25, -0.2) is 4.79 Å². The smallest absolute Gasteiger partial charge is 0.331 e. The first-order valence-corrected chi connectivity index (χ1v) is 7.97. The highest BCUT2D eigenvalue weighted by molar-refractivity contribution is 6.42. The molecule has 0 saturated carbocycles. The average molecular weight is 380 g/mol. The van der Waals surface area contributed by atoms with Gasteiger partial charge in [0, 0.05) is 11.8 Å². The Hall–Kier alpha value is -2.50. The van der Waals surface area contributed by atoms with E-state index in [1.54, 1.807) is 49.6 Å². The molecule has 2 aromatic rings. The quantitative estimate of drug-likeness (QED) is 0.603. The van der Waals surface area contributed by atoms with Crippen molar-refractivity contribution in [2.75, 3.05) is 19.0 Å². The van der Waals surface area contributed by atoms with Crippen LogP contribution >= 0.6 is 23.2 Å².